The smallest absolute Gasteiger partial charge is 0.177 e. The maximum Gasteiger partial charge on any atom is 0.177 e. The van der Waals surface area contributed by atoms with E-state index < -0.39 is 0 Å². The van der Waals surface area contributed by atoms with E-state index in [0.717, 1.165) is 27.3 Å². The van der Waals surface area contributed by atoms with E-state index in [9.17, 15) is 9.18 Å². The zero-order chi connectivity index (χ0) is 14.1. The molecule has 1 aromatic carbocycles. The molecule has 0 atom stereocenters. The van der Waals surface area contributed by atoms with Crippen molar-refractivity contribution in [2.45, 2.75) is 18.6 Å². The van der Waals surface area contributed by atoms with Gasteiger partial charge in [-0.3, -0.25) is 4.79 Å². The number of halogens is 2. The molecule has 3 rings (SSSR count). The third-order valence-electron chi connectivity index (χ3n) is 3.26. The average molecular weight is 371 g/mol. The Morgan fingerprint density at radius 3 is 3.00 bits per heavy atom. The van der Waals surface area contributed by atoms with Crippen molar-refractivity contribution in [1.29, 1.82) is 0 Å². The fraction of sp³-hybridized carbons (Fsp3) is 0.267. The molecule has 0 fully saturated rings. The summed E-state index contributed by atoms with van der Waals surface area (Å²) in [6.45, 7) is 0. The Hall–Kier alpha value is -0.650. The van der Waals surface area contributed by atoms with Crippen LogP contribution in [0.1, 0.15) is 25.7 Å². The van der Waals surface area contributed by atoms with Gasteiger partial charge in [0.15, 0.2) is 5.78 Å². The lowest BCUT2D eigenvalue weighted by Gasteiger charge is -2.08. The van der Waals surface area contributed by atoms with Gasteiger partial charge in [0, 0.05) is 21.5 Å². The second-order valence-electron chi connectivity index (χ2n) is 4.70. The van der Waals surface area contributed by atoms with Crippen molar-refractivity contribution in [2.75, 3.05) is 5.75 Å². The van der Waals surface area contributed by atoms with Gasteiger partial charge in [-0.1, -0.05) is 15.9 Å². The van der Waals surface area contributed by atoms with E-state index in [2.05, 4.69) is 15.9 Å². The van der Waals surface area contributed by atoms with E-state index in [1.54, 1.807) is 17.4 Å². The van der Waals surface area contributed by atoms with Crippen molar-refractivity contribution in [3.05, 3.63) is 55.4 Å². The van der Waals surface area contributed by atoms with E-state index in [0.29, 0.717) is 5.56 Å². The number of fused-ring (bicyclic) bond motifs is 1. The molecule has 0 aliphatic carbocycles. The molecule has 104 valence electrons. The maximum atomic E-state index is 13.3. The van der Waals surface area contributed by atoms with Crippen LogP contribution < -0.4 is 0 Å². The molecule has 1 aliphatic heterocycles. The van der Waals surface area contributed by atoms with Gasteiger partial charge in [-0.2, -0.15) is 11.8 Å². The monoisotopic (exact) mass is 370 g/mol. The topological polar surface area (TPSA) is 17.1 Å². The number of benzene rings is 1. The molecule has 20 heavy (non-hydrogen) atoms. The minimum atomic E-state index is -0.308. The molecule has 2 heterocycles. The number of aryl methyl sites for hydroxylation is 1. The lowest BCUT2D eigenvalue weighted by atomic mass is 10.1. The van der Waals surface area contributed by atoms with E-state index in [1.807, 2.05) is 17.8 Å². The van der Waals surface area contributed by atoms with Gasteiger partial charge in [-0.15, -0.1) is 11.3 Å². The number of hydrogen-bond acceptors (Lipinski definition) is 3. The Kier molecular flexibility index (Phi) is 4.29. The summed E-state index contributed by atoms with van der Waals surface area (Å²) in [6, 6.07) is 6.47. The maximum absolute atomic E-state index is 13.3. The summed E-state index contributed by atoms with van der Waals surface area (Å²) in [4.78, 5) is 14.5. The Morgan fingerprint density at radius 2 is 2.20 bits per heavy atom. The minimum absolute atomic E-state index is 0.0701. The SMILES string of the molecule is O=C(Cc1cc(F)ccc1Br)c1cc2c(s1)CCSC2. The first kappa shape index (κ1) is 14.3. The van der Waals surface area contributed by atoms with Crippen molar-refractivity contribution in [2.24, 2.45) is 0 Å². The van der Waals surface area contributed by atoms with Crippen LogP contribution in [0.5, 0.6) is 0 Å². The summed E-state index contributed by atoms with van der Waals surface area (Å²) in [7, 11) is 0. The van der Waals surface area contributed by atoms with Crippen LogP contribution >= 0.6 is 39.0 Å². The number of ketones is 1. The van der Waals surface area contributed by atoms with Gasteiger partial charge in [0.2, 0.25) is 0 Å². The molecule has 1 nitrogen and oxygen atoms in total. The molecule has 0 radical (unpaired) electrons. The van der Waals surface area contributed by atoms with Crippen LogP contribution in [0, 0.1) is 5.82 Å². The highest BCUT2D eigenvalue weighted by molar-refractivity contribution is 9.10. The summed E-state index contributed by atoms with van der Waals surface area (Å²) in [5.74, 6) is 1.90. The molecule has 0 spiro atoms. The molecule has 0 N–H and O–H groups in total. The quantitative estimate of drug-likeness (QED) is 0.717. The fourth-order valence-electron chi connectivity index (χ4n) is 2.22. The molecule has 1 aromatic heterocycles. The molecule has 0 bridgehead atoms. The zero-order valence-corrected chi connectivity index (χ0v) is 13.8. The fourth-order valence-corrected chi connectivity index (χ4v) is 4.92. The highest BCUT2D eigenvalue weighted by Gasteiger charge is 2.18. The van der Waals surface area contributed by atoms with Crippen LogP contribution in [0.15, 0.2) is 28.7 Å². The number of carbonyl (C=O) groups excluding carboxylic acids is 1. The second kappa shape index (κ2) is 6.00. The van der Waals surface area contributed by atoms with Gasteiger partial charge in [0.1, 0.15) is 5.82 Å². The van der Waals surface area contributed by atoms with E-state index in [-0.39, 0.29) is 18.0 Å². The zero-order valence-electron chi connectivity index (χ0n) is 10.6. The standard InChI is InChI=1S/C15H12BrFOS2/c16-12-2-1-11(17)5-9(12)6-13(18)15-7-10-8-19-4-3-14(10)20-15/h1-2,5,7H,3-4,6,8H2. The first-order chi connectivity index (χ1) is 9.63. The lowest BCUT2D eigenvalue weighted by Crippen LogP contribution is -2.02. The van der Waals surface area contributed by atoms with Crippen molar-refractivity contribution in [3.63, 3.8) is 0 Å². The average Bonchev–Trinajstić information content (AvgIpc) is 2.87. The van der Waals surface area contributed by atoms with E-state index in [1.165, 1.54) is 22.6 Å². The van der Waals surface area contributed by atoms with Crippen LogP contribution in [0.25, 0.3) is 0 Å². The highest BCUT2D eigenvalue weighted by Crippen LogP contribution is 2.32. The third-order valence-corrected chi connectivity index (χ3v) is 6.32. The molecule has 0 saturated heterocycles. The van der Waals surface area contributed by atoms with Gasteiger partial charge in [-0.05, 0) is 47.6 Å². The van der Waals surface area contributed by atoms with Crippen LogP contribution in [-0.2, 0) is 18.6 Å². The summed E-state index contributed by atoms with van der Waals surface area (Å²) >= 11 is 6.88. The largest absolute Gasteiger partial charge is 0.293 e. The molecule has 0 unspecified atom stereocenters. The van der Waals surface area contributed by atoms with Gasteiger partial charge in [-0.25, -0.2) is 4.39 Å². The Bertz CT molecular complexity index is 642. The van der Waals surface area contributed by atoms with Gasteiger partial charge in [0.25, 0.3) is 0 Å². The molecule has 1 aliphatic rings. The highest BCUT2D eigenvalue weighted by atomic mass is 79.9. The summed E-state index contributed by atoms with van der Waals surface area (Å²) in [5, 5.41) is 0. The van der Waals surface area contributed by atoms with Gasteiger partial charge < -0.3 is 0 Å². The number of thiophene rings is 1. The van der Waals surface area contributed by atoms with Crippen molar-refractivity contribution in [1.82, 2.24) is 0 Å². The molecule has 0 saturated carbocycles. The predicted octanol–water partition coefficient (Wildman–Crippen LogP) is 4.86. The van der Waals surface area contributed by atoms with Gasteiger partial charge >= 0.3 is 0 Å². The Labute approximate surface area is 133 Å². The molecular weight excluding hydrogens is 359 g/mol. The summed E-state index contributed by atoms with van der Waals surface area (Å²) in [6.07, 6.45) is 1.30. The van der Waals surface area contributed by atoms with E-state index in [4.69, 9.17) is 0 Å². The lowest BCUT2D eigenvalue weighted by molar-refractivity contribution is 0.0996. The normalized spacial score (nSPS) is 14.1. The van der Waals surface area contributed by atoms with Crippen LogP contribution in [0.2, 0.25) is 0 Å². The molecule has 2 aromatic rings. The Balaban J connectivity index is 1.82. The summed E-state index contributed by atoms with van der Waals surface area (Å²) < 4.78 is 14.0. The second-order valence-corrected chi connectivity index (χ2v) is 7.79. The van der Waals surface area contributed by atoms with Crippen LogP contribution in [0.3, 0.4) is 0 Å². The van der Waals surface area contributed by atoms with Crippen LogP contribution in [-0.4, -0.2) is 11.5 Å². The number of rotatable bonds is 3. The van der Waals surface area contributed by atoms with Crippen LogP contribution in [0.4, 0.5) is 4.39 Å². The molecule has 5 heteroatoms. The van der Waals surface area contributed by atoms with Crippen molar-refractivity contribution in [3.8, 4) is 0 Å². The Morgan fingerprint density at radius 1 is 1.35 bits per heavy atom. The third kappa shape index (κ3) is 3.00. The van der Waals surface area contributed by atoms with Crippen molar-refractivity contribution < 1.29 is 9.18 Å². The molecular formula is C15H12BrFOS2. The predicted molar refractivity (Wildman–Crippen MR) is 86.3 cm³/mol. The van der Waals surface area contributed by atoms with Crippen molar-refractivity contribution >= 4 is 44.8 Å². The number of hydrogen-bond donors (Lipinski definition) is 0. The number of Topliss-reactive ketones (excluding diaryl/α,β-unsaturated/α-hetero) is 1. The number of thioether (sulfide) groups is 1. The molecule has 0 amide bonds. The first-order valence-electron chi connectivity index (χ1n) is 6.30. The van der Waals surface area contributed by atoms with E-state index >= 15 is 0 Å². The summed E-state index contributed by atoms with van der Waals surface area (Å²) in [5.41, 5.74) is 2.00. The first-order valence-corrected chi connectivity index (χ1v) is 9.06. The number of carbonyl (C=O) groups is 1. The minimum Gasteiger partial charge on any atom is -0.293 e. The van der Waals surface area contributed by atoms with Gasteiger partial charge in [0.05, 0.1) is 4.88 Å².